The summed E-state index contributed by atoms with van der Waals surface area (Å²) in [6.07, 6.45) is 0. The summed E-state index contributed by atoms with van der Waals surface area (Å²) in [5.74, 6) is 0. The quantitative estimate of drug-likeness (QED) is 0.591. The van der Waals surface area contributed by atoms with Crippen LogP contribution in [-0.4, -0.2) is 19.0 Å². The fourth-order valence-electron chi connectivity index (χ4n) is 1.19. The molecule has 0 atom stereocenters. The molecule has 0 aromatic heterocycles. The smallest absolute Gasteiger partial charge is 0.000120 e. The van der Waals surface area contributed by atoms with E-state index >= 15 is 0 Å². The summed E-state index contributed by atoms with van der Waals surface area (Å²) in [7, 11) is 4.11. The van der Waals surface area contributed by atoms with Crippen LogP contribution in [0, 0.1) is 6.07 Å². The summed E-state index contributed by atoms with van der Waals surface area (Å²) in [5.41, 5.74) is 1.24. The van der Waals surface area contributed by atoms with Gasteiger partial charge in [0.05, 0.1) is 0 Å². The van der Waals surface area contributed by atoms with Crippen molar-refractivity contribution in [2.45, 2.75) is 6.54 Å². The SMILES string of the molecule is CN(C)Cc1[c-]cccc1.[Ni].c1cc[cH-]c1. The van der Waals surface area contributed by atoms with Gasteiger partial charge in [-0.2, -0.15) is 48.5 Å². The zero-order valence-electron chi connectivity index (χ0n) is 9.67. The molecule has 2 rings (SSSR count). The van der Waals surface area contributed by atoms with Gasteiger partial charge in [0, 0.05) is 23.0 Å². The molecule has 0 spiro atoms. The average Bonchev–Trinajstić information content (AvgIpc) is 2.76. The third-order valence-electron chi connectivity index (χ3n) is 1.82. The first-order valence-electron chi connectivity index (χ1n) is 5.06. The molecule has 0 bridgehead atoms. The molecule has 0 amide bonds. The Labute approximate surface area is 108 Å². The molecule has 0 fully saturated rings. The number of nitrogens with zero attached hydrogens (tertiary/aromatic N) is 1. The Balaban J connectivity index is 0.000000318. The Hall–Kier alpha value is -0.976. The van der Waals surface area contributed by atoms with Crippen LogP contribution in [0.2, 0.25) is 0 Å². The van der Waals surface area contributed by atoms with E-state index in [-0.39, 0.29) is 16.5 Å². The summed E-state index contributed by atoms with van der Waals surface area (Å²) in [6, 6.07) is 21.2. The Morgan fingerprint density at radius 2 is 1.81 bits per heavy atom. The summed E-state index contributed by atoms with van der Waals surface area (Å²) < 4.78 is 0. The van der Waals surface area contributed by atoms with E-state index < -0.39 is 0 Å². The minimum atomic E-state index is 0. The monoisotopic (exact) mass is 257 g/mol. The van der Waals surface area contributed by atoms with Gasteiger partial charge in [-0.05, 0) is 14.1 Å². The van der Waals surface area contributed by atoms with Crippen molar-refractivity contribution >= 4 is 0 Å². The van der Waals surface area contributed by atoms with Gasteiger partial charge in [-0.1, -0.05) is 0 Å². The second-order valence-corrected chi connectivity index (χ2v) is 3.59. The van der Waals surface area contributed by atoms with E-state index in [0.29, 0.717) is 0 Å². The predicted octanol–water partition coefficient (Wildman–Crippen LogP) is 2.95. The molecule has 2 aromatic carbocycles. The van der Waals surface area contributed by atoms with Crippen LogP contribution >= 0.6 is 0 Å². The van der Waals surface area contributed by atoms with Gasteiger partial charge in [0.2, 0.25) is 0 Å². The van der Waals surface area contributed by atoms with Crippen molar-refractivity contribution in [3.8, 4) is 0 Å². The number of benzene rings is 1. The Bertz CT molecular complexity index is 310. The average molecular weight is 258 g/mol. The first-order chi connectivity index (χ1) is 7.29. The second kappa shape index (κ2) is 9.26. The van der Waals surface area contributed by atoms with E-state index in [9.17, 15) is 0 Å². The van der Waals surface area contributed by atoms with Crippen molar-refractivity contribution < 1.29 is 16.5 Å². The summed E-state index contributed by atoms with van der Waals surface area (Å²) in [4.78, 5) is 2.13. The zero-order valence-corrected chi connectivity index (χ0v) is 10.7. The van der Waals surface area contributed by atoms with E-state index in [1.807, 2.05) is 48.5 Å². The maximum atomic E-state index is 3.16. The van der Waals surface area contributed by atoms with Crippen LogP contribution < -0.4 is 0 Å². The predicted molar refractivity (Wildman–Crippen MR) is 64.7 cm³/mol. The van der Waals surface area contributed by atoms with Crippen LogP contribution in [0.5, 0.6) is 0 Å². The molecule has 2 aromatic rings. The molecule has 0 saturated heterocycles. The van der Waals surface area contributed by atoms with Gasteiger partial charge in [0.25, 0.3) is 0 Å². The fourth-order valence-corrected chi connectivity index (χ4v) is 1.19. The first-order valence-corrected chi connectivity index (χ1v) is 5.06. The van der Waals surface area contributed by atoms with Crippen molar-refractivity contribution in [3.63, 3.8) is 0 Å². The molecule has 0 unspecified atom stereocenters. The molecule has 0 aliphatic heterocycles. The van der Waals surface area contributed by atoms with Gasteiger partial charge < -0.3 is 4.90 Å². The second-order valence-electron chi connectivity index (χ2n) is 3.59. The minimum absolute atomic E-state index is 0. The maximum absolute atomic E-state index is 3.16. The Morgan fingerprint density at radius 3 is 2.19 bits per heavy atom. The molecular formula is C14H17NNi-2. The molecular weight excluding hydrogens is 241 g/mol. The van der Waals surface area contributed by atoms with Crippen LogP contribution in [0.25, 0.3) is 0 Å². The van der Waals surface area contributed by atoms with Crippen molar-refractivity contribution in [2.24, 2.45) is 0 Å². The molecule has 1 nitrogen and oxygen atoms in total. The first kappa shape index (κ1) is 15.0. The van der Waals surface area contributed by atoms with Crippen molar-refractivity contribution in [1.82, 2.24) is 4.90 Å². The van der Waals surface area contributed by atoms with Gasteiger partial charge in [0.1, 0.15) is 0 Å². The van der Waals surface area contributed by atoms with Gasteiger partial charge in [-0.15, -0.1) is 5.56 Å². The van der Waals surface area contributed by atoms with Crippen LogP contribution in [0.1, 0.15) is 5.56 Å². The van der Waals surface area contributed by atoms with Crippen molar-refractivity contribution in [3.05, 3.63) is 66.2 Å². The third-order valence-corrected chi connectivity index (χ3v) is 1.82. The molecule has 0 radical (unpaired) electrons. The van der Waals surface area contributed by atoms with E-state index in [1.165, 1.54) is 5.56 Å². The molecule has 0 aliphatic carbocycles. The van der Waals surface area contributed by atoms with Crippen molar-refractivity contribution in [1.29, 1.82) is 0 Å². The van der Waals surface area contributed by atoms with E-state index in [2.05, 4.69) is 31.1 Å². The molecule has 0 aliphatic rings. The number of rotatable bonds is 2. The largest absolute Gasteiger partial charge is 0.307 e. The van der Waals surface area contributed by atoms with E-state index in [1.54, 1.807) is 0 Å². The van der Waals surface area contributed by atoms with Crippen LogP contribution in [0.15, 0.2) is 54.6 Å². The normalized spacial score (nSPS) is 8.94. The van der Waals surface area contributed by atoms with Gasteiger partial charge in [-0.25, -0.2) is 12.1 Å². The number of hydrogen-bond donors (Lipinski definition) is 0. The molecule has 2 heteroatoms. The molecule has 0 saturated carbocycles. The fraction of sp³-hybridized carbons (Fsp3) is 0.214. The summed E-state index contributed by atoms with van der Waals surface area (Å²) in [5, 5.41) is 0. The topological polar surface area (TPSA) is 3.24 Å². The van der Waals surface area contributed by atoms with Gasteiger partial charge in [-0.3, -0.25) is 0 Å². The van der Waals surface area contributed by atoms with Gasteiger partial charge in [0.15, 0.2) is 0 Å². The van der Waals surface area contributed by atoms with Gasteiger partial charge >= 0.3 is 0 Å². The third kappa shape index (κ3) is 7.33. The zero-order chi connectivity index (χ0) is 10.9. The van der Waals surface area contributed by atoms with Crippen molar-refractivity contribution in [2.75, 3.05) is 14.1 Å². The number of hydrogen-bond acceptors (Lipinski definition) is 1. The van der Waals surface area contributed by atoms with Crippen LogP contribution in [0.4, 0.5) is 0 Å². The Kier molecular flexibility index (Phi) is 8.70. The minimum Gasteiger partial charge on any atom is -0.307 e. The van der Waals surface area contributed by atoms with Crippen LogP contribution in [-0.2, 0) is 23.0 Å². The molecule has 0 N–H and O–H groups in total. The molecule has 0 heterocycles. The summed E-state index contributed by atoms with van der Waals surface area (Å²) in [6.45, 7) is 0.973. The summed E-state index contributed by atoms with van der Waals surface area (Å²) >= 11 is 0. The molecule has 90 valence electrons. The van der Waals surface area contributed by atoms with Crippen LogP contribution in [0.3, 0.4) is 0 Å². The van der Waals surface area contributed by atoms with E-state index in [0.717, 1.165) is 6.54 Å². The van der Waals surface area contributed by atoms with E-state index in [4.69, 9.17) is 0 Å². The maximum Gasteiger partial charge on any atom is 0.000120 e. The standard InChI is InChI=1S/C9H12N.C5H5.Ni/c1-10(2)8-9-6-4-3-5-7-9;1-2-4-5-3-1;/h3-6H,8H2,1-2H3;1-5H;/q2*-1;. The molecule has 16 heavy (non-hydrogen) atoms. The Morgan fingerprint density at radius 1 is 1.12 bits per heavy atom.